The van der Waals surface area contributed by atoms with Gasteiger partial charge in [-0.1, -0.05) is 44.0 Å². The van der Waals surface area contributed by atoms with Gasteiger partial charge in [0.25, 0.3) is 0 Å². The molecule has 0 fully saturated rings. The minimum Gasteiger partial charge on any atom is -0.493 e. The zero-order valence-corrected chi connectivity index (χ0v) is 15.9. The molecule has 0 spiro atoms. The molecule has 0 bridgehead atoms. The maximum absolute atomic E-state index is 11.2. The summed E-state index contributed by atoms with van der Waals surface area (Å²) in [5, 5.41) is 1.32. The van der Waals surface area contributed by atoms with Crippen molar-refractivity contribution in [3.8, 4) is 11.5 Å². The summed E-state index contributed by atoms with van der Waals surface area (Å²) in [6.45, 7) is 5.72. The molecule has 5 heteroatoms. The van der Waals surface area contributed by atoms with Crippen molar-refractivity contribution < 1.29 is 19.0 Å². The highest BCUT2D eigenvalue weighted by Crippen LogP contribution is 2.23. The number of unbranched alkanes of at least 4 members (excludes halogenated alkanes) is 3. The van der Waals surface area contributed by atoms with Crippen LogP contribution >= 0.6 is 0 Å². The highest BCUT2D eigenvalue weighted by Gasteiger charge is 2.09. The van der Waals surface area contributed by atoms with Gasteiger partial charge in [0.1, 0.15) is 0 Å². The normalized spacial score (nSPS) is 10.7. The summed E-state index contributed by atoms with van der Waals surface area (Å²) in [4.78, 5) is 11.2. The molecule has 1 aromatic carbocycles. The van der Waals surface area contributed by atoms with E-state index in [4.69, 9.17) is 14.2 Å². The van der Waals surface area contributed by atoms with E-state index < -0.39 is 0 Å². The molecule has 0 aliphatic heterocycles. The van der Waals surface area contributed by atoms with Gasteiger partial charge >= 0.3 is 5.97 Å². The molecule has 0 saturated heterocycles. The molecule has 0 amide bonds. The molecule has 0 atom stereocenters. The zero-order valence-electron chi connectivity index (χ0n) is 14.5. The first-order chi connectivity index (χ1) is 11.1. The summed E-state index contributed by atoms with van der Waals surface area (Å²) in [6.07, 6.45) is 4.39. The lowest BCUT2D eigenvalue weighted by Crippen LogP contribution is -2.17. The summed E-state index contributed by atoms with van der Waals surface area (Å²) >= 11 is 0. The van der Waals surface area contributed by atoms with Crippen LogP contribution in [-0.2, 0) is 9.53 Å². The lowest BCUT2D eigenvalue weighted by molar-refractivity contribution is -0.139. The third-order valence-electron chi connectivity index (χ3n) is 3.66. The molecule has 0 radical (unpaired) electrons. The first-order valence-corrected chi connectivity index (χ1v) is 9.83. The molecule has 1 aromatic rings. The molecule has 1 rings (SSSR count). The fraction of sp³-hybridized carbons (Fsp3) is 0.500. The first kappa shape index (κ1) is 19.3. The maximum atomic E-state index is 11.2. The predicted octanol–water partition coefficient (Wildman–Crippen LogP) is 2.60. The van der Waals surface area contributed by atoms with Crippen molar-refractivity contribution in [1.29, 1.82) is 0 Å². The van der Waals surface area contributed by atoms with Crippen LogP contribution in [-0.4, -0.2) is 36.3 Å². The van der Waals surface area contributed by atoms with Crippen molar-refractivity contribution >= 4 is 20.7 Å². The largest absolute Gasteiger partial charge is 0.493 e. The van der Waals surface area contributed by atoms with E-state index in [1.54, 1.807) is 21.1 Å². The minimum atomic E-state index is -0.347. The number of hydrogen-bond donors (Lipinski definition) is 0. The molecule has 0 heterocycles. The molecule has 0 saturated carbocycles. The number of methoxy groups -OCH3 is 2. The van der Waals surface area contributed by atoms with Crippen LogP contribution in [0.15, 0.2) is 30.4 Å². The van der Waals surface area contributed by atoms with Crippen LogP contribution in [0.25, 0.3) is 0 Å². The molecular formula is C18H28O4Si. The van der Waals surface area contributed by atoms with Crippen molar-refractivity contribution in [2.45, 2.75) is 38.7 Å². The standard InChI is InChI=1S/C18H28O4Si/c1-14(2)18(19)22-12-7-5-6-8-13-23-16-11-9-10-15(20-3)17(16)21-4/h9-11H,1,5-8,12-13,23H2,2-4H3. The average molecular weight is 337 g/mol. The van der Waals surface area contributed by atoms with E-state index in [0.717, 1.165) is 24.3 Å². The van der Waals surface area contributed by atoms with Gasteiger partial charge in [0.2, 0.25) is 0 Å². The number of carbonyl (C=O) groups excluding carboxylic acids is 1. The summed E-state index contributed by atoms with van der Waals surface area (Å²) in [7, 11) is 3.02. The van der Waals surface area contributed by atoms with E-state index >= 15 is 0 Å². The highest BCUT2D eigenvalue weighted by molar-refractivity contribution is 6.54. The molecule has 23 heavy (non-hydrogen) atoms. The smallest absolute Gasteiger partial charge is 0.333 e. The second-order valence-electron chi connectivity index (χ2n) is 5.59. The summed E-state index contributed by atoms with van der Waals surface area (Å²) in [5.74, 6) is 1.42. The van der Waals surface area contributed by atoms with Gasteiger partial charge in [0, 0.05) is 5.57 Å². The van der Waals surface area contributed by atoms with E-state index in [2.05, 4.69) is 12.6 Å². The zero-order chi connectivity index (χ0) is 17.1. The molecular weight excluding hydrogens is 308 g/mol. The van der Waals surface area contributed by atoms with Gasteiger partial charge in [0.15, 0.2) is 11.5 Å². The number of rotatable bonds is 11. The summed E-state index contributed by atoms with van der Waals surface area (Å²) in [6, 6.07) is 7.35. The number of para-hydroxylation sites is 1. The van der Waals surface area contributed by atoms with Crippen LogP contribution in [0.3, 0.4) is 0 Å². The van der Waals surface area contributed by atoms with Crippen LogP contribution in [0.2, 0.25) is 6.04 Å². The highest BCUT2D eigenvalue weighted by atomic mass is 28.2. The van der Waals surface area contributed by atoms with E-state index in [1.165, 1.54) is 24.1 Å². The van der Waals surface area contributed by atoms with Crippen molar-refractivity contribution in [3.05, 3.63) is 30.4 Å². The Kier molecular flexibility index (Phi) is 9.13. The third-order valence-corrected chi connectivity index (χ3v) is 5.61. The second-order valence-corrected chi connectivity index (χ2v) is 7.56. The Bertz CT molecular complexity index is 514. The van der Waals surface area contributed by atoms with Crippen molar-refractivity contribution in [1.82, 2.24) is 0 Å². The van der Waals surface area contributed by atoms with Crippen LogP contribution in [0.4, 0.5) is 0 Å². The van der Waals surface area contributed by atoms with E-state index in [1.807, 2.05) is 12.1 Å². The van der Waals surface area contributed by atoms with Gasteiger partial charge in [-0.3, -0.25) is 0 Å². The van der Waals surface area contributed by atoms with Gasteiger partial charge in [-0.15, -0.1) is 0 Å². The Morgan fingerprint density at radius 3 is 2.52 bits per heavy atom. The van der Waals surface area contributed by atoms with Gasteiger partial charge in [-0.05, 0) is 24.6 Å². The molecule has 0 aliphatic carbocycles. The van der Waals surface area contributed by atoms with Crippen LogP contribution in [0.1, 0.15) is 32.6 Å². The molecule has 0 aromatic heterocycles. The number of esters is 1. The Morgan fingerprint density at radius 1 is 1.13 bits per heavy atom. The molecule has 0 aliphatic rings. The Hall–Kier alpha value is -1.75. The van der Waals surface area contributed by atoms with E-state index in [9.17, 15) is 4.79 Å². The van der Waals surface area contributed by atoms with Crippen LogP contribution in [0.5, 0.6) is 11.5 Å². The van der Waals surface area contributed by atoms with E-state index in [-0.39, 0.29) is 15.5 Å². The summed E-state index contributed by atoms with van der Waals surface area (Å²) in [5.41, 5.74) is 0.461. The average Bonchev–Trinajstić information content (AvgIpc) is 2.56. The first-order valence-electron chi connectivity index (χ1n) is 8.12. The van der Waals surface area contributed by atoms with Crippen molar-refractivity contribution in [3.63, 3.8) is 0 Å². The lowest BCUT2D eigenvalue weighted by atomic mass is 10.2. The predicted molar refractivity (Wildman–Crippen MR) is 96.8 cm³/mol. The van der Waals surface area contributed by atoms with Gasteiger partial charge in [0.05, 0.1) is 30.3 Å². The van der Waals surface area contributed by atoms with Crippen molar-refractivity contribution in [2.24, 2.45) is 0 Å². The summed E-state index contributed by atoms with van der Waals surface area (Å²) < 4.78 is 15.9. The lowest BCUT2D eigenvalue weighted by Gasteiger charge is -2.12. The second kappa shape index (κ2) is 10.9. The SMILES string of the molecule is C=C(C)C(=O)OCCCCCC[SiH2]c1cccc(OC)c1OC. The van der Waals surface area contributed by atoms with Crippen molar-refractivity contribution in [2.75, 3.05) is 20.8 Å². The molecule has 4 nitrogen and oxygen atoms in total. The quantitative estimate of drug-likeness (QED) is 0.270. The van der Waals surface area contributed by atoms with Crippen LogP contribution < -0.4 is 14.7 Å². The third kappa shape index (κ3) is 6.90. The Balaban J connectivity index is 2.18. The molecule has 0 unspecified atom stereocenters. The monoisotopic (exact) mass is 336 g/mol. The fourth-order valence-electron chi connectivity index (χ4n) is 2.39. The van der Waals surface area contributed by atoms with Crippen LogP contribution in [0, 0.1) is 0 Å². The fourth-order valence-corrected chi connectivity index (χ4v) is 4.22. The number of benzene rings is 1. The number of carbonyl (C=O) groups is 1. The molecule has 128 valence electrons. The van der Waals surface area contributed by atoms with Gasteiger partial charge in [-0.2, -0.15) is 0 Å². The topological polar surface area (TPSA) is 44.8 Å². The Morgan fingerprint density at radius 2 is 1.87 bits per heavy atom. The number of hydrogen-bond acceptors (Lipinski definition) is 4. The van der Waals surface area contributed by atoms with Gasteiger partial charge < -0.3 is 14.2 Å². The Labute approximate surface area is 141 Å². The maximum Gasteiger partial charge on any atom is 0.333 e. The molecule has 0 N–H and O–H groups in total. The minimum absolute atomic E-state index is 0.289. The van der Waals surface area contributed by atoms with Gasteiger partial charge in [-0.25, -0.2) is 4.79 Å². The number of ether oxygens (including phenoxy) is 3. The van der Waals surface area contributed by atoms with E-state index in [0.29, 0.717) is 12.2 Å².